The summed E-state index contributed by atoms with van der Waals surface area (Å²) in [5.74, 6) is 0.387. The lowest BCUT2D eigenvalue weighted by Crippen LogP contribution is -1.98. The fourth-order valence-electron chi connectivity index (χ4n) is 1.21. The van der Waals surface area contributed by atoms with Gasteiger partial charge in [0.15, 0.2) is 9.84 Å². The summed E-state index contributed by atoms with van der Waals surface area (Å²) < 4.78 is 23.3. The normalized spacial score (nSPS) is 12.1. The number of benzene rings is 1. The fraction of sp³-hybridized carbons (Fsp3) is 0.400. The van der Waals surface area contributed by atoms with E-state index in [1.54, 1.807) is 12.1 Å². The van der Waals surface area contributed by atoms with Crippen LogP contribution in [0.2, 0.25) is 0 Å². The van der Waals surface area contributed by atoms with E-state index in [2.05, 4.69) is 29.8 Å². The Labute approximate surface area is 93.4 Å². The molecule has 4 heteroatoms. The maximum Gasteiger partial charge on any atom is 0.175 e. The molecule has 0 aliphatic rings. The minimum atomic E-state index is -3.10. The first-order chi connectivity index (χ1) is 6.32. The molecule has 0 heterocycles. The topological polar surface area (TPSA) is 34.1 Å². The van der Waals surface area contributed by atoms with Crippen molar-refractivity contribution in [3.63, 3.8) is 0 Å². The highest BCUT2D eigenvalue weighted by Crippen LogP contribution is 2.27. The van der Waals surface area contributed by atoms with Gasteiger partial charge in [-0.1, -0.05) is 35.8 Å². The third kappa shape index (κ3) is 2.58. The number of rotatable bonds is 2. The van der Waals surface area contributed by atoms with Gasteiger partial charge in [0, 0.05) is 10.7 Å². The Morgan fingerprint density at radius 2 is 1.86 bits per heavy atom. The lowest BCUT2D eigenvalue weighted by molar-refractivity contribution is 0.601. The zero-order chi connectivity index (χ0) is 10.9. The summed E-state index contributed by atoms with van der Waals surface area (Å²) in [6.07, 6.45) is 1.21. The summed E-state index contributed by atoms with van der Waals surface area (Å²) in [7, 11) is -3.10. The summed E-state index contributed by atoms with van der Waals surface area (Å²) in [5, 5.41) is 0. The number of halogens is 1. The lowest BCUT2D eigenvalue weighted by atomic mass is 10.0. The number of hydrogen-bond acceptors (Lipinski definition) is 2. The summed E-state index contributed by atoms with van der Waals surface area (Å²) >= 11 is 3.38. The van der Waals surface area contributed by atoms with Crippen LogP contribution in [0.3, 0.4) is 0 Å². The first-order valence-electron chi connectivity index (χ1n) is 4.32. The van der Waals surface area contributed by atoms with Gasteiger partial charge in [0.2, 0.25) is 0 Å². The molecule has 0 saturated heterocycles. The molecule has 1 rings (SSSR count). The molecule has 0 aromatic heterocycles. The standard InChI is InChI=1S/C10H13BrO2S/c1-7(2)9-5-4-8(6-10(9)11)14(3,12)13/h4-7H,1-3H3. The maximum absolute atomic E-state index is 11.2. The molecule has 14 heavy (non-hydrogen) atoms. The largest absolute Gasteiger partial charge is 0.224 e. The Balaban J connectivity index is 3.27. The molecule has 2 nitrogen and oxygen atoms in total. The fourth-order valence-corrected chi connectivity index (χ4v) is 2.84. The molecule has 0 bridgehead atoms. The third-order valence-corrected chi connectivity index (χ3v) is 3.82. The van der Waals surface area contributed by atoms with E-state index >= 15 is 0 Å². The van der Waals surface area contributed by atoms with Gasteiger partial charge < -0.3 is 0 Å². The van der Waals surface area contributed by atoms with Crippen LogP contribution in [0.25, 0.3) is 0 Å². The van der Waals surface area contributed by atoms with Gasteiger partial charge in [-0.05, 0) is 23.6 Å². The quantitative estimate of drug-likeness (QED) is 0.832. The van der Waals surface area contributed by atoms with Crippen molar-refractivity contribution >= 4 is 25.8 Å². The van der Waals surface area contributed by atoms with E-state index in [9.17, 15) is 8.42 Å². The molecule has 0 aliphatic carbocycles. The van der Waals surface area contributed by atoms with Crippen molar-refractivity contribution in [1.82, 2.24) is 0 Å². The molecule has 1 aromatic carbocycles. The number of sulfone groups is 1. The molecule has 0 radical (unpaired) electrons. The van der Waals surface area contributed by atoms with Crippen molar-refractivity contribution in [3.05, 3.63) is 28.2 Å². The van der Waals surface area contributed by atoms with Crippen LogP contribution < -0.4 is 0 Å². The Morgan fingerprint density at radius 3 is 2.21 bits per heavy atom. The second-order valence-corrected chi connectivity index (χ2v) is 6.48. The van der Waals surface area contributed by atoms with Crippen LogP contribution in [0.1, 0.15) is 25.3 Å². The van der Waals surface area contributed by atoms with Crippen molar-refractivity contribution in [1.29, 1.82) is 0 Å². The van der Waals surface area contributed by atoms with E-state index in [1.165, 1.54) is 6.26 Å². The van der Waals surface area contributed by atoms with E-state index in [4.69, 9.17) is 0 Å². The van der Waals surface area contributed by atoms with Crippen LogP contribution in [0, 0.1) is 0 Å². The molecule has 0 aliphatic heterocycles. The summed E-state index contributed by atoms with van der Waals surface area (Å²) in [5.41, 5.74) is 1.12. The number of hydrogen-bond donors (Lipinski definition) is 0. The molecule has 78 valence electrons. The average molecular weight is 277 g/mol. The average Bonchev–Trinajstić information content (AvgIpc) is 2.01. The van der Waals surface area contributed by atoms with Crippen LogP contribution in [0.4, 0.5) is 0 Å². The Bertz CT molecular complexity index is 435. The summed E-state index contributed by atoms with van der Waals surface area (Å²) in [6.45, 7) is 4.14. The third-order valence-electron chi connectivity index (χ3n) is 2.02. The molecule has 0 fully saturated rings. The van der Waals surface area contributed by atoms with Gasteiger partial charge in [-0.15, -0.1) is 0 Å². The Morgan fingerprint density at radius 1 is 1.29 bits per heavy atom. The van der Waals surface area contributed by atoms with Gasteiger partial charge in [-0.2, -0.15) is 0 Å². The van der Waals surface area contributed by atoms with E-state index in [1.807, 2.05) is 6.07 Å². The monoisotopic (exact) mass is 276 g/mol. The Hall–Kier alpha value is -0.350. The van der Waals surface area contributed by atoms with Gasteiger partial charge in [-0.3, -0.25) is 0 Å². The van der Waals surface area contributed by atoms with Gasteiger partial charge in [-0.25, -0.2) is 8.42 Å². The van der Waals surface area contributed by atoms with Gasteiger partial charge in [0.05, 0.1) is 4.90 Å². The van der Waals surface area contributed by atoms with Crippen LogP contribution >= 0.6 is 15.9 Å². The van der Waals surface area contributed by atoms with E-state index in [0.29, 0.717) is 10.8 Å². The zero-order valence-electron chi connectivity index (χ0n) is 8.41. The van der Waals surface area contributed by atoms with Crippen molar-refractivity contribution in [3.8, 4) is 0 Å². The van der Waals surface area contributed by atoms with Crippen molar-refractivity contribution in [2.24, 2.45) is 0 Å². The molecule has 0 atom stereocenters. The van der Waals surface area contributed by atoms with E-state index < -0.39 is 9.84 Å². The van der Waals surface area contributed by atoms with Crippen LogP contribution in [-0.2, 0) is 9.84 Å². The predicted molar refractivity (Wildman–Crippen MR) is 61.3 cm³/mol. The highest BCUT2D eigenvalue weighted by molar-refractivity contribution is 9.10. The van der Waals surface area contributed by atoms with Crippen molar-refractivity contribution in [2.45, 2.75) is 24.7 Å². The van der Waals surface area contributed by atoms with Gasteiger partial charge in [0.25, 0.3) is 0 Å². The first kappa shape index (κ1) is 11.7. The van der Waals surface area contributed by atoms with Crippen molar-refractivity contribution < 1.29 is 8.42 Å². The summed E-state index contributed by atoms with van der Waals surface area (Å²) in [4.78, 5) is 0.355. The first-order valence-corrected chi connectivity index (χ1v) is 7.00. The van der Waals surface area contributed by atoms with Gasteiger partial charge >= 0.3 is 0 Å². The molecular weight excluding hydrogens is 264 g/mol. The van der Waals surface area contributed by atoms with Crippen LogP contribution in [0.15, 0.2) is 27.6 Å². The highest BCUT2D eigenvalue weighted by atomic mass is 79.9. The molecule has 0 saturated carbocycles. The molecule has 0 N–H and O–H groups in total. The van der Waals surface area contributed by atoms with Gasteiger partial charge in [0.1, 0.15) is 0 Å². The highest BCUT2D eigenvalue weighted by Gasteiger charge is 2.10. The lowest BCUT2D eigenvalue weighted by Gasteiger charge is -2.09. The van der Waals surface area contributed by atoms with E-state index in [-0.39, 0.29) is 0 Å². The second kappa shape index (κ2) is 4.03. The smallest absolute Gasteiger partial charge is 0.175 e. The van der Waals surface area contributed by atoms with Crippen LogP contribution in [-0.4, -0.2) is 14.7 Å². The second-order valence-electron chi connectivity index (χ2n) is 3.61. The molecule has 0 spiro atoms. The predicted octanol–water partition coefficient (Wildman–Crippen LogP) is 2.98. The molecule has 0 unspecified atom stereocenters. The molecule has 0 amide bonds. The summed E-state index contributed by atoms with van der Waals surface area (Å²) in [6, 6.07) is 5.16. The van der Waals surface area contributed by atoms with E-state index in [0.717, 1.165) is 10.0 Å². The minimum Gasteiger partial charge on any atom is -0.224 e. The minimum absolute atomic E-state index is 0.355. The zero-order valence-corrected chi connectivity index (χ0v) is 10.8. The SMILES string of the molecule is CC(C)c1ccc(S(C)(=O)=O)cc1Br. The Kier molecular flexibility index (Phi) is 3.37. The molecule has 1 aromatic rings. The molecular formula is C10H13BrO2S. The maximum atomic E-state index is 11.2. The van der Waals surface area contributed by atoms with Crippen molar-refractivity contribution in [2.75, 3.05) is 6.26 Å². The van der Waals surface area contributed by atoms with Crippen LogP contribution in [0.5, 0.6) is 0 Å².